The van der Waals surface area contributed by atoms with E-state index in [4.69, 9.17) is 27.5 Å². The van der Waals surface area contributed by atoms with Gasteiger partial charge in [-0.05, 0) is 37.8 Å². The summed E-state index contributed by atoms with van der Waals surface area (Å²) in [7, 11) is 1.56. The van der Waals surface area contributed by atoms with Crippen molar-refractivity contribution in [3.05, 3.63) is 46.3 Å². The zero-order valence-corrected chi connectivity index (χ0v) is 17.3. The molecular weight excluding hydrogens is 362 g/mol. The molecule has 4 nitrogen and oxygen atoms in total. The molecule has 1 aromatic heterocycles. The highest BCUT2D eigenvalue weighted by Gasteiger charge is 2.07. The van der Waals surface area contributed by atoms with Gasteiger partial charge in [0.1, 0.15) is 16.6 Å². The number of aromatic nitrogens is 1. The van der Waals surface area contributed by atoms with Crippen molar-refractivity contribution >= 4 is 17.4 Å². The van der Waals surface area contributed by atoms with Gasteiger partial charge in [0.05, 0.1) is 19.4 Å². The molecule has 146 valence electrons. The van der Waals surface area contributed by atoms with E-state index in [1.165, 1.54) is 0 Å². The van der Waals surface area contributed by atoms with Gasteiger partial charge in [-0.1, -0.05) is 43.5 Å². The van der Waals surface area contributed by atoms with E-state index in [1.807, 2.05) is 19.1 Å². The molecule has 0 bridgehead atoms. The average Bonchev–Trinajstić information content (AvgIpc) is 2.64. The zero-order chi connectivity index (χ0) is 20.2. The number of allylic oxidation sites excluding steroid dienone is 3. The number of ether oxygens (including phenoxy) is 2. The minimum Gasteiger partial charge on any atom is -0.491 e. The third-order valence-electron chi connectivity index (χ3n) is 3.82. The van der Waals surface area contributed by atoms with Gasteiger partial charge in [0, 0.05) is 18.4 Å². The molecule has 5 heteroatoms. The van der Waals surface area contributed by atoms with Crippen LogP contribution in [0.2, 0.25) is 0 Å². The molecule has 0 atom stereocenters. The Kier molecular flexibility index (Phi) is 10.3. The molecule has 0 unspecified atom stereocenters. The van der Waals surface area contributed by atoms with Crippen LogP contribution in [0.15, 0.2) is 35.1 Å². The highest BCUT2D eigenvalue weighted by Crippen LogP contribution is 2.16. The Hall–Kier alpha value is -2.25. The predicted molar refractivity (Wildman–Crippen MR) is 110 cm³/mol. The Morgan fingerprint density at radius 3 is 2.78 bits per heavy atom. The van der Waals surface area contributed by atoms with E-state index in [2.05, 4.69) is 24.8 Å². The lowest BCUT2D eigenvalue weighted by Crippen LogP contribution is -2.04. The summed E-state index contributed by atoms with van der Waals surface area (Å²) in [4.78, 5) is 16.5. The van der Waals surface area contributed by atoms with E-state index in [1.54, 1.807) is 19.3 Å². The maximum absolute atomic E-state index is 12.2. The van der Waals surface area contributed by atoms with Gasteiger partial charge in [-0.15, -0.1) is 6.42 Å². The number of pyridine rings is 1. The summed E-state index contributed by atoms with van der Waals surface area (Å²) in [5.74, 6) is 3.98. The van der Waals surface area contributed by atoms with Crippen molar-refractivity contribution in [2.75, 3.05) is 13.7 Å². The average molecular weight is 390 g/mol. The van der Waals surface area contributed by atoms with Gasteiger partial charge in [-0.25, -0.2) is 4.98 Å². The van der Waals surface area contributed by atoms with E-state index < -0.39 is 0 Å². The molecule has 0 N–H and O–H groups in total. The first-order chi connectivity index (χ1) is 12.9. The largest absolute Gasteiger partial charge is 0.491 e. The SMILES string of the molecule is C#C/C(Cl)=C(\C=C/CC(=O)Cc1ccc(C)c(OC)n1)OCCCC(C)C. The van der Waals surface area contributed by atoms with Crippen molar-refractivity contribution in [2.24, 2.45) is 5.92 Å². The van der Waals surface area contributed by atoms with Crippen LogP contribution in [0.3, 0.4) is 0 Å². The molecule has 0 fully saturated rings. The molecule has 1 rings (SSSR count). The van der Waals surface area contributed by atoms with Crippen molar-refractivity contribution in [3.8, 4) is 18.2 Å². The second-order valence-electron chi connectivity index (χ2n) is 6.66. The number of aryl methyl sites for hydroxylation is 1. The van der Waals surface area contributed by atoms with Crippen molar-refractivity contribution in [1.29, 1.82) is 0 Å². The van der Waals surface area contributed by atoms with E-state index in [9.17, 15) is 4.79 Å². The molecule has 1 heterocycles. The molecular formula is C22H28ClNO3. The smallest absolute Gasteiger partial charge is 0.216 e. The fourth-order valence-corrected chi connectivity index (χ4v) is 2.47. The molecule has 1 aromatic rings. The molecule has 0 aliphatic heterocycles. The highest BCUT2D eigenvalue weighted by molar-refractivity contribution is 6.32. The Bertz CT molecular complexity index is 730. The molecule has 0 radical (unpaired) electrons. The minimum atomic E-state index is 0.0284. The van der Waals surface area contributed by atoms with Crippen LogP contribution in [0.4, 0.5) is 0 Å². The summed E-state index contributed by atoms with van der Waals surface area (Å²) in [6, 6.07) is 3.72. The first-order valence-electron chi connectivity index (χ1n) is 9.05. The number of hydrogen-bond donors (Lipinski definition) is 0. The van der Waals surface area contributed by atoms with E-state index in [0.29, 0.717) is 29.9 Å². The van der Waals surface area contributed by atoms with Crippen molar-refractivity contribution in [3.63, 3.8) is 0 Å². The number of Topliss-reactive ketones (excluding diaryl/α,β-unsaturated/α-hetero) is 1. The minimum absolute atomic E-state index is 0.0284. The standard InChI is InChI=1S/C22H28ClNO3/c1-6-20(23)21(27-14-8-9-16(2)3)11-7-10-19(25)15-18-13-12-17(4)22(24-18)26-5/h1,7,11-13,16H,8-10,14-15H2,2-5H3/b11-7-,21-20-. The van der Waals surface area contributed by atoms with Gasteiger partial charge in [0.15, 0.2) is 0 Å². The van der Waals surface area contributed by atoms with Crippen LogP contribution >= 0.6 is 11.6 Å². The number of hydrogen-bond acceptors (Lipinski definition) is 4. The summed E-state index contributed by atoms with van der Waals surface area (Å²) < 4.78 is 10.9. The number of terminal acetylenes is 1. The maximum Gasteiger partial charge on any atom is 0.216 e. The first kappa shape index (κ1) is 22.8. The van der Waals surface area contributed by atoms with Crippen LogP contribution in [-0.2, 0) is 16.0 Å². The summed E-state index contributed by atoms with van der Waals surface area (Å²) in [5, 5.41) is 0.202. The molecule has 0 saturated heterocycles. The molecule has 0 spiro atoms. The second kappa shape index (κ2) is 12.2. The second-order valence-corrected chi connectivity index (χ2v) is 7.04. The number of halogens is 1. The predicted octanol–water partition coefficient (Wildman–Crippen LogP) is 4.99. The summed E-state index contributed by atoms with van der Waals surface area (Å²) >= 11 is 6.02. The normalized spacial score (nSPS) is 12.0. The van der Waals surface area contributed by atoms with Gasteiger partial charge in [-0.2, -0.15) is 0 Å². The lowest BCUT2D eigenvalue weighted by Gasteiger charge is -2.09. The fraction of sp³-hybridized carbons (Fsp3) is 0.455. The van der Waals surface area contributed by atoms with Gasteiger partial charge >= 0.3 is 0 Å². The quantitative estimate of drug-likeness (QED) is 0.231. The van der Waals surface area contributed by atoms with Gasteiger partial charge < -0.3 is 9.47 Å². The Morgan fingerprint density at radius 2 is 2.15 bits per heavy atom. The van der Waals surface area contributed by atoms with Crippen LogP contribution in [0, 0.1) is 25.2 Å². The van der Waals surface area contributed by atoms with Crippen LogP contribution in [0.5, 0.6) is 5.88 Å². The van der Waals surface area contributed by atoms with Crippen molar-refractivity contribution < 1.29 is 14.3 Å². The number of carbonyl (C=O) groups excluding carboxylic acids is 1. The molecule has 0 aliphatic carbocycles. The lowest BCUT2D eigenvalue weighted by molar-refractivity contribution is -0.117. The molecule has 0 saturated carbocycles. The summed E-state index contributed by atoms with van der Waals surface area (Å²) in [6.07, 6.45) is 11.2. The Balaban J connectivity index is 2.60. The zero-order valence-electron chi connectivity index (χ0n) is 16.5. The van der Waals surface area contributed by atoms with E-state index in [0.717, 1.165) is 18.4 Å². The summed E-state index contributed by atoms with van der Waals surface area (Å²) in [6.45, 7) is 6.77. The number of nitrogens with zero attached hydrogens (tertiary/aromatic N) is 1. The van der Waals surface area contributed by atoms with Crippen LogP contribution < -0.4 is 4.74 Å². The van der Waals surface area contributed by atoms with E-state index >= 15 is 0 Å². The Labute approximate surface area is 167 Å². The van der Waals surface area contributed by atoms with Gasteiger partial charge in [0.2, 0.25) is 5.88 Å². The monoisotopic (exact) mass is 389 g/mol. The summed E-state index contributed by atoms with van der Waals surface area (Å²) in [5.41, 5.74) is 1.61. The molecule has 0 amide bonds. The Morgan fingerprint density at radius 1 is 1.41 bits per heavy atom. The van der Waals surface area contributed by atoms with Gasteiger partial charge in [0.25, 0.3) is 0 Å². The molecule has 0 aromatic carbocycles. The van der Waals surface area contributed by atoms with Crippen LogP contribution in [-0.4, -0.2) is 24.5 Å². The van der Waals surface area contributed by atoms with Crippen molar-refractivity contribution in [2.45, 2.75) is 46.5 Å². The number of rotatable bonds is 11. The highest BCUT2D eigenvalue weighted by atomic mass is 35.5. The topological polar surface area (TPSA) is 48.4 Å². The van der Waals surface area contributed by atoms with Crippen LogP contribution in [0.1, 0.15) is 44.4 Å². The number of carbonyl (C=O) groups is 1. The molecule has 0 aliphatic rings. The van der Waals surface area contributed by atoms with Gasteiger partial charge in [-0.3, -0.25) is 4.79 Å². The van der Waals surface area contributed by atoms with E-state index in [-0.39, 0.29) is 23.7 Å². The van der Waals surface area contributed by atoms with Crippen molar-refractivity contribution in [1.82, 2.24) is 4.98 Å². The fourth-order valence-electron chi connectivity index (χ4n) is 2.35. The lowest BCUT2D eigenvalue weighted by atomic mass is 10.1. The first-order valence-corrected chi connectivity index (χ1v) is 9.43. The third-order valence-corrected chi connectivity index (χ3v) is 4.12. The third kappa shape index (κ3) is 8.79. The molecule has 27 heavy (non-hydrogen) atoms. The number of methoxy groups -OCH3 is 1. The maximum atomic E-state index is 12.2. The number of ketones is 1. The van der Waals surface area contributed by atoms with Crippen LogP contribution in [0.25, 0.3) is 0 Å².